The van der Waals surface area contributed by atoms with E-state index in [2.05, 4.69) is 30.3 Å². The number of thiazole rings is 1. The highest BCUT2D eigenvalue weighted by atomic mass is 32.3. The van der Waals surface area contributed by atoms with Gasteiger partial charge in [-0.15, -0.1) is 11.3 Å². The van der Waals surface area contributed by atoms with Gasteiger partial charge in [0.15, 0.2) is 0 Å². The topological polar surface area (TPSA) is 68.7 Å². The van der Waals surface area contributed by atoms with Crippen molar-refractivity contribution in [3.8, 4) is 22.8 Å². The largest absolute Gasteiger partial charge is 0.497 e. The van der Waals surface area contributed by atoms with Crippen LogP contribution in [0.1, 0.15) is 9.67 Å². The zero-order valence-corrected chi connectivity index (χ0v) is 15.1. The summed E-state index contributed by atoms with van der Waals surface area (Å²) in [5, 5.41) is 9.51. The number of hydrogen-bond acceptors (Lipinski definition) is 5. The second kappa shape index (κ2) is 6.64. The highest BCUT2D eigenvalue weighted by Crippen LogP contribution is 2.49. The van der Waals surface area contributed by atoms with Crippen LogP contribution >= 0.6 is 21.4 Å². The van der Waals surface area contributed by atoms with E-state index in [0.29, 0.717) is 22.8 Å². The predicted molar refractivity (Wildman–Crippen MR) is 95.5 cm³/mol. The Morgan fingerprint density at radius 3 is 2.48 bits per heavy atom. The molecule has 0 amide bonds. The summed E-state index contributed by atoms with van der Waals surface area (Å²) in [6.07, 6.45) is 7.56. The highest BCUT2D eigenvalue weighted by molar-refractivity contribution is 8.33. The Morgan fingerprint density at radius 1 is 1.30 bits per heavy atom. The van der Waals surface area contributed by atoms with Gasteiger partial charge in [0.1, 0.15) is 20.7 Å². The molecule has 1 heterocycles. The van der Waals surface area contributed by atoms with Crippen molar-refractivity contribution in [2.24, 2.45) is 0 Å². The minimum absolute atomic E-state index is 0.222. The van der Waals surface area contributed by atoms with Crippen molar-refractivity contribution in [3.63, 3.8) is 0 Å². The molecule has 0 saturated heterocycles. The van der Waals surface area contributed by atoms with Gasteiger partial charge in [0.25, 0.3) is 0 Å². The van der Waals surface area contributed by atoms with Crippen molar-refractivity contribution in [1.82, 2.24) is 4.98 Å². The molecule has 1 aromatic carbocycles. The number of hydrogen-bond donors (Lipinski definition) is 1. The van der Waals surface area contributed by atoms with E-state index < -0.39 is 16.0 Å². The van der Waals surface area contributed by atoms with E-state index in [4.69, 9.17) is 9.47 Å². The average Bonchev–Trinajstić information content (AvgIpc) is 2.92. The molecular weight excluding hydrogens is 334 g/mol. The first-order valence-corrected chi connectivity index (χ1v) is 10.3. The van der Waals surface area contributed by atoms with Crippen molar-refractivity contribution in [3.05, 3.63) is 35.9 Å². The molecule has 2 aromatic rings. The number of nitrogens with zero attached hydrogens (tertiary/aromatic N) is 1. The van der Waals surface area contributed by atoms with Gasteiger partial charge in [0, 0.05) is 11.6 Å². The number of rotatable bonds is 6. The summed E-state index contributed by atoms with van der Waals surface area (Å²) in [5.74, 6) is 0.0955. The van der Waals surface area contributed by atoms with Crippen LogP contribution in [0.5, 0.6) is 11.5 Å². The molecule has 2 rings (SSSR count). The third kappa shape index (κ3) is 3.86. The molecule has 0 unspecified atom stereocenters. The van der Waals surface area contributed by atoms with Crippen LogP contribution in [-0.4, -0.2) is 41.9 Å². The van der Waals surface area contributed by atoms with E-state index in [9.17, 15) is 9.90 Å². The van der Waals surface area contributed by atoms with Crippen LogP contribution in [0, 0.1) is 0 Å². The number of aromatic carboxylic acids is 1. The molecule has 0 spiro atoms. The van der Waals surface area contributed by atoms with Crippen LogP contribution in [-0.2, 0) is 0 Å². The molecule has 0 fully saturated rings. The molecule has 0 bridgehead atoms. The maximum Gasteiger partial charge on any atom is 0.348 e. The Hall–Kier alpha value is -1.99. The zero-order valence-electron chi connectivity index (χ0n) is 13.5. The smallest absolute Gasteiger partial charge is 0.348 e. The van der Waals surface area contributed by atoms with E-state index in [-0.39, 0.29) is 4.88 Å². The van der Waals surface area contributed by atoms with Crippen LogP contribution in [0.4, 0.5) is 0 Å². The summed E-state index contributed by atoms with van der Waals surface area (Å²) < 4.78 is 11.4. The summed E-state index contributed by atoms with van der Waals surface area (Å²) in [5.41, 5.74) is 1.08. The molecule has 7 heteroatoms. The molecular formula is C16H19NO4S2. The summed E-state index contributed by atoms with van der Waals surface area (Å²) in [4.78, 5) is 16.4. The van der Waals surface area contributed by atoms with Crippen LogP contribution in [0.15, 0.2) is 35.4 Å². The lowest BCUT2D eigenvalue weighted by atomic mass is 10.1. The third-order valence-electron chi connectivity index (χ3n) is 2.93. The van der Waals surface area contributed by atoms with E-state index >= 15 is 0 Å². The molecule has 0 aliphatic heterocycles. The predicted octanol–water partition coefficient (Wildman–Crippen LogP) is 4.09. The van der Waals surface area contributed by atoms with Gasteiger partial charge in [-0.1, -0.05) is 6.58 Å². The summed E-state index contributed by atoms with van der Waals surface area (Å²) in [6.45, 7) is 3.53. The molecule has 1 N–H and O–H groups in total. The number of aromatic nitrogens is 1. The quantitative estimate of drug-likeness (QED) is 0.792. The zero-order chi connectivity index (χ0) is 17.2. The average molecular weight is 353 g/mol. The second-order valence-corrected chi connectivity index (χ2v) is 10.8. The van der Waals surface area contributed by atoms with E-state index in [1.54, 1.807) is 25.3 Å². The maximum atomic E-state index is 11.6. The molecule has 124 valence electrons. The molecule has 5 nitrogen and oxygen atoms in total. The van der Waals surface area contributed by atoms with Crippen LogP contribution in [0.2, 0.25) is 0 Å². The maximum absolute atomic E-state index is 11.6. The normalized spacial score (nSPS) is 11.8. The van der Waals surface area contributed by atoms with Gasteiger partial charge in [0.2, 0.25) is 0 Å². The number of benzene rings is 1. The summed E-state index contributed by atoms with van der Waals surface area (Å²) >= 11 is 1.23. The van der Waals surface area contributed by atoms with Gasteiger partial charge < -0.3 is 14.6 Å². The third-order valence-corrected chi connectivity index (χ3v) is 6.66. The number of carboxylic acid groups (broad SMARTS) is 1. The van der Waals surface area contributed by atoms with Crippen molar-refractivity contribution < 1.29 is 19.4 Å². The minimum atomic E-state index is -1.12. The first kappa shape index (κ1) is 17.4. The minimum Gasteiger partial charge on any atom is -0.497 e. The first-order valence-electron chi connectivity index (χ1n) is 6.65. The van der Waals surface area contributed by atoms with Gasteiger partial charge in [0.05, 0.1) is 19.1 Å². The molecule has 23 heavy (non-hydrogen) atoms. The van der Waals surface area contributed by atoms with Gasteiger partial charge in [-0.25, -0.2) is 9.78 Å². The second-order valence-electron chi connectivity index (χ2n) is 5.48. The molecule has 0 saturated carbocycles. The van der Waals surface area contributed by atoms with Gasteiger partial charge in [-0.2, -0.15) is 10.0 Å². The van der Waals surface area contributed by atoms with E-state index in [1.807, 2.05) is 0 Å². The molecule has 0 atom stereocenters. The molecule has 0 aliphatic rings. The number of methoxy groups -OCH3 is 1. The van der Waals surface area contributed by atoms with Crippen molar-refractivity contribution in [2.45, 2.75) is 4.34 Å². The summed E-state index contributed by atoms with van der Waals surface area (Å²) in [7, 11) is 0.426. The highest BCUT2D eigenvalue weighted by Gasteiger charge is 2.23. The lowest BCUT2D eigenvalue weighted by Gasteiger charge is -2.21. The standard InChI is InChI=1S/C16H19NO4S2/c1-6-21-12-8-10(7-11(9-12)20-2)13-14(15(18)19)22-16(17-13)23(3,4)5/h6-9H,1H2,2-5H3,(H,18,19). The number of carboxylic acids is 1. The van der Waals surface area contributed by atoms with Gasteiger partial charge in [-0.05, 0) is 30.9 Å². The number of carbonyl (C=O) groups is 1. The monoisotopic (exact) mass is 353 g/mol. The van der Waals surface area contributed by atoms with Gasteiger partial charge in [-0.3, -0.25) is 0 Å². The lowest BCUT2D eigenvalue weighted by molar-refractivity contribution is 0.0702. The molecule has 1 aromatic heterocycles. The molecule has 0 radical (unpaired) electrons. The molecule has 0 aliphatic carbocycles. The summed E-state index contributed by atoms with van der Waals surface area (Å²) in [6, 6.07) is 5.18. The Bertz CT molecular complexity index is 747. The SMILES string of the molecule is C=COc1cc(OC)cc(-c2nc(S(C)(C)C)sc2C(=O)O)c1. The van der Waals surface area contributed by atoms with Crippen molar-refractivity contribution >= 4 is 27.3 Å². The Balaban J connectivity index is 2.65. The van der Waals surface area contributed by atoms with Crippen molar-refractivity contribution in [1.29, 1.82) is 0 Å². The Kier molecular flexibility index (Phi) is 5.01. The lowest BCUT2D eigenvalue weighted by Crippen LogP contribution is -1.96. The van der Waals surface area contributed by atoms with Crippen LogP contribution in [0.3, 0.4) is 0 Å². The van der Waals surface area contributed by atoms with E-state index in [0.717, 1.165) is 4.34 Å². The Labute approximate surface area is 140 Å². The fourth-order valence-corrected chi connectivity index (χ4v) is 4.17. The van der Waals surface area contributed by atoms with Crippen LogP contribution < -0.4 is 9.47 Å². The van der Waals surface area contributed by atoms with E-state index in [1.165, 1.54) is 17.6 Å². The number of ether oxygens (including phenoxy) is 2. The van der Waals surface area contributed by atoms with Gasteiger partial charge >= 0.3 is 5.97 Å². The first-order chi connectivity index (χ1) is 10.8. The van der Waals surface area contributed by atoms with Crippen LogP contribution in [0.25, 0.3) is 11.3 Å². The fraction of sp³-hybridized carbons (Fsp3) is 0.250. The Morgan fingerprint density at radius 2 is 1.96 bits per heavy atom. The van der Waals surface area contributed by atoms with Crippen molar-refractivity contribution in [2.75, 3.05) is 25.9 Å². The fourth-order valence-electron chi connectivity index (χ4n) is 1.89.